The lowest BCUT2D eigenvalue weighted by atomic mass is 9.79. The van der Waals surface area contributed by atoms with Gasteiger partial charge < -0.3 is 5.32 Å². The van der Waals surface area contributed by atoms with Crippen molar-refractivity contribution in [1.82, 2.24) is 5.32 Å². The van der Waals surface area contributed by atoms with Crippen LogP contribution in [0.5, 0.6) is 0 Å². The van der Waals surface area contributed by atoms with Gasteiger partial charge in [0.05, 0.1) is 0 Å². The van der Waals surface area contributed by atoms with Gasteiger partial charge >= 0.3 is 0 Å². The Bertz CT molecular complexity index is 274. The van der Waals surface area contributed by atoms with Crippen LogP contribution in [-0.2, 0) is 0 Å². The molecule has 6 atom stereocenters. The predicted molar refractivity (Wildman–Crippen MR) is 69.7 cm³/mol. The van der Waals surface area contributed by atoms with Gasteiger partial charge in [-0.15, -0.1) is 0 Å². The average molecular weight is 237 g/mol. The maximum absolute atomic E-state index is 4.00. The molecule has 0 aromatic carbocycles. The van der Waals surface area contributed by atoms with Crippen LogP contribution in [0.1, 0.15) is 38.5 Å². The molecule has 90 valence electrons. The molecule has 1 N–H and O–H groups in total. The smallest absolute Gasteiger partial charge is 0.0168 e. The molecule has 1 nitrogen and oxygen atoms in total. The quantitative estimate of drug-likeness (QED) is 0.792. The van der Waals surface area contributed by atoms with Crippen LogP contribution >= 0.6 is 11.8 Å². The maximum atomic E-state index is 4.00. The number of hydrogen-bond acceptors (Lipinski definition) is 2. The van der Waals surface area contributed by atoms with Crippen LogP contribution in [0, 0.1) is 23.7 Å². The van der Waals surface area contributed by atoms with Gasteiger partial charge in [-0.1, -0.05) is 6.42 Å². The van der Waals surface area contributed by atoms with Gasteiger partial charge in [0.2, 0.25) is 0 Å². The molecule has 1 aliphatic heterocycles. The summed E-state index contributed by atoms with van der Waals surface area (Å²) in [5.41, 5.74) is 0. The number of thioether (sulfide) groups is 1. The molecule has 1 heterocycles. The fraction of sp³-hybridized carbons (Fsp3) is 1.00. The minimum atomic E-state index is 0.856. The first-order valence-corrected chi connectivity index (χ1v) is 8.41. The van der Waals surface area contributed by atoms with E-state index in [1.54, 1.807) is 19.3 Å². The Labute approximate surface area is 103 Å². The van der Waals surface area contributed by atoms with Gasteiger partial charge in [0.1, 0.15) is 0 Å². The highest BCUT2D eigenvalue weighted by molar-refractivity contribution is 7.99. The third kappa shape index (κ3) is 1.49. The normalized spacial score (nSPS) is 54.8. The van der Waals surface area contributed by atoms with Crippen molar-refractivity contribution in [3.8, 4) is 0 Å². The summed E-state index contributed by atoms with van der Waals surface area (Å²) in [7, 11) is 0. The van der Waals surface area contributed by atoms with Gasteiger partial charge in [0, 0.05) is 17.8 Å². The summed E-state index contributed by atoms with van der Waals surface area (Å²) in [5, 5.41) is 4.00. The van der Waals surface area contributed by atoms with Gasteiger partial charge in [-0.2, -0.15) is 11.8 Å². The molecular weight excluding hydrogens is 214 g/mol. The molecule has 3 saturated carbocycles. The van der Waals surface area contributed by atoms with Crippen molar-refractivity contribution in [3.05, 3.63) is 0 Å². The lowest BCUT2D eigenvalue weighted by Gasteiger charge is -2.33. The van der Waals surface area contributed by atoms with Crippen LogP contribution in [0.2, 0.25) is 0 Å². The first-order chi connectivity index (χ1) is 7.92. The fourth-order valence-electron chi connectivity index (χ4n) is 5.23. The molecule has 0 aromatic heterocycles. The Morgan fingerprint density at radius 2 is 1.88 bits per heavy atom. The Morgan fingerprint density at radius 1 is 0.938 bits per heavy atom. The van der Waals surface area contributed by atoms with Gasteiger partial charge in [-0.3, -0.25) is 0 Å². The van der Waals surface area contributed by atoms with E-state index in [0.29, 0.717) is 0 Å². The highest BCUT2D eigenvalue weighted by Gasteiger charge is 2.53. The van der Waals surface area contributed by atoms with Crippen LogP contribution < -0.4 is 5.32 Å². The first kappa shape index (κ1) is 10.3. The largest absolute Gasteiger partial charge is 0.310 e. The standard InChI is InChI=1S/C14H23NS/c1-2-11-9-6-13(12(11)3-1)14(7-9)15-10-4-5-16-8-10/h9-15H,1-8H2. The van der Waals surface area contributed by atoms with Crippen LogP contribution in [0.25, 0.3) is 0 Å². The zero-order valence-corrected chi connectivity index (χ0v) is 10.8. The molecule has 4 fully saturated rings. The number of fused-ring (bicyclic) bond motifs is 5. The predicted octanol–water partition coefficient (Wildman–Crippen LogP) is 2.91. The van der Waals surface area contributed by atoms with Crippen molar-refractivity contribution in [2.45, 2.75) is 50.6 Å². The molecule has 3 aliphatic carbocycles. The molecule has 0 radical (unpaired) electrons. The molecule has 4 aliphatic rings. The molecule has 0 amide bonds. The Morgan fingerprint density at radius 3 is 2.75 bits per heavy atom. The minimum Gasteiger partial charge on any atom is -0.310 e. The molecule has 6 unspecified atom stereocenters. The second-order valence-corrected chi connectivity index (χ2v) is 7.64. The van der Waals surface area contributed by atoms with Crippen molar-refractivity contribution in [3.63, 3.8) is 0 Å². The zero-order chi connectivity index (χ0) is 10.5. The molecule has 16 heavy (non-hydrogen) atoms. The van der Waals surface area contributed by atoms with E-state index < -0.39 is 0 Å². The van der Waals surface area contributed by atoms with E-state index in [1.807, 2.05) is 0 Å². The second kappa shape index (κ2) is 3.91. The van der Waals surface area contributed by atoms with Gasteiger partial charge in [0.15, 0.2) is 0 Å². The van der Waals surface area contributed by atoms with Gasteiger partial charge in [-0.25, -0.2) is 0 Å². The van der Waals surface area contributed by atoms with E-state index in [-0.39, 0.29) is 0 Å². The van der Waals surface area contributed by atoms with E-state index in [2.05, 4.69) is 17.1 Å². The van der Waals surface area contributed by atoms with Crippen LogP contribution in [0.3, 0.4) is 0 Å². The van der Waals surface area contributed by atoms with E-state index in [1.165, 1.54) is 30.8 Å². The van der Waals surface area contributed by atoms with Crippen LogP contribution in [0.4, 0.5) is 0 Å². The topological polar surface area (TPSA) is 12.0 Å². The Hall–Kier alpha value is 0.310. The lowest BCUT2D eigenvalue weighted by molar-refractivity contribution is 0.200. The Kier molecular flexibility index (Phi) is 2.51. The molecule has 1 saturated heterocycles. The van der Waals surface area contributed by atoms with E-state index in [0.717, 1.165) is 35.8 Å². The molecule has 4 rings (SSSR count). The number of nitrogens with one attached hydrogen (secondary N) is 1. The van der Waals surface area contributed by atoms with Crippen LogP contribution in [-0.4, -0.2) is 23.6 Å². The summed E-state index contributed by atoms with van der Waals surface area (Å²) in [5.74, 6) is 7.24. The fourth-order valence-corrected chi connectivity index (χ4v) is 6.39. The zero-order valence-electron chi connectivity index (χ0n) is 10.0. The lowest BCUT2D eigenvalue weighted by Crippen LogP contribution is -2.44. The summed E-state index contributed by atoms with van der Waals surface area (Å²) >= 11 is 2.14. The molecular formula is C14H23NS. The summed E-state index contributed by atoms with van der Waals surface area (Å²) in [6.45, 7) is 0. The highest BCUT2D eigenvalue weighted by atomic mass is 32.2. The summed E-state index contributed by atoms with van der Waals surface area (Å²) < 4.78 is 0. The summed E-state index contributed by atoms with van der Waals surface area (Å²) in [4.78, 5) is 0. The third-order valence-electron chi connectivity index (χ3n) is 5.81. The minimum absolute atomic E-state index is 0.856. The first-order valence-electron chi connectivity index (χ1n) is 7.25. The molecule has 2 heteroatoms. The average Bonchev–Trinajstić information content (AvgIpc) is 2.99. The van der Waals surface area contributed by atoms with Crippen molar-refractivity contribution < 1.29 is 0 Å². The van der Waals surface area contributed by atoms with Gasteiger partial charge in [0.25, 0.3) is 0 Å². The monoisotopic (exact) mass is 237 g/mol. The van der Waals surface area contributed by atoms with E-state index in [4.69, 9.17) is 0 Å². The molecule has 0 aromatic rings. The van der Waals surface area contributed by atoms with Crippen LogP contribution in [0.15, 0.2) is 0 Å². The number of hydrogen-bond donors (Lipinski definition) is 1. The highest BCUT2D eigenvalue weighted by Crippen LogP contribution is 2.58. The van der Waals surface area contributed by atoms with Crippen molar-refractivity contribution in [2.75, 3.05) is 11.5 Å². The number of rotatable bonds is 2. The van der Waals surface area contributed by atoms with Crippen molar-refractivity contribution >= 4 is 11.8 Å². The summed E-state index contributed by atoms with van der Waals surface area (Å²) in [6, 6.07) is 1.77. The second-order valence-electron chi connectivity index (χ2n) is 6.49. The van der Waals surface area contributed by atoms with Crippen molar-refractivity contribution in [1.29, 1.82) is 0 Å². The third-order valence-corrected chi connectivity index (χ3v) is 6.97. The van der Waals surface area contributed by atoms with Crippen molar-refractivity contribution in [2.24, 2.45) is 23.7 Å². The SMILES string of the molecule is C1CC2C3CC(NC4CCSC4)C(C3)C2C1. The maximum Gasteiger partial charge on any atom is 0.0168 e. The van der Waals surface area contributed by atoms with E-state index in [9.17, 15) is 0 Å². The Balaban J connectivity index is 1.44. The van der Waals surface area contributed by atoms with E-state index >= 15 is 0 Å². The summed E-state index contributed by atoms with van der Waals surface area (Å²) in [6.07, 6.45) is 9.18. The molecule has 2 bridgehead atoms. The van der Waals surface area contributed by atoms with Gasteiger partial charge in [-0.05, 0) is 61.5 Å². The molecule has 0 spiro atoms.